The third-order valence-corrected chi connectivity index (χ3v) is 5.67. The molecule has 1 fully saturated rings. The zero-order valence-corrected chi connectivity index (χ0v) is 16.9. The van der Waals surface area contributed by atoms with E-state index < -0.39 is 28.8 Å². The molecule has 1 N–H and O–H groups in total. The molecule has 1 aliphatic carbocycles. The lowest BCUT2D eigenvalue weighted by molar-refractivity contribution is -0.384. The van der Waals surface area contributed by atoms with Crippen molar-refractivity contribution in [2.45, 2.75) is 31.1 Å². The first-order chi connectivity index (χ1) is 13.8. The van der Waals surface area contributed by atoms with Gasteiger partial charge in [0, 0.05) is 16.6 Å². The van der Waals surface area contributed by atoms with Gasteiger partial charge < -0.3 is 10.1 Å². The van der Waals surface area contributed by atoms with Gasteiger partial charge in [-0.25, -0.2) is 4.39 Å². The van der Waals surface area contributed by atoms with E-state index in [4.69, 9.17) is 4.74 Å². The molecule has 0 aromatic heterocycles. The second-order valence-corrected chi connectivity index (χ2v) is 7.70. The van der Waals surface area contributed by atoms with Crippen molar-refractivity contribution in [2.24, 2.45) is 0 Å². The molecule has 0 atom stereocenters. The maximum atomic E-state index is 13.3. The minimum Gasteiger partial charge on any atom is -0.455 e. The lowest BCUT2D eigenvalue weighted by Gasteiger charge is -2.27. The molecule has 0 bridgehead atoms. The van der Waals surface area contributed by atoms with E-state index >= 15 is 0 Å². The number of benzene rings is 2. The van der Waals surface area contributed by atoms with Gasteiger partial charge in [-0.15, -0.1) is 0 Å². The third kappa shape index (κ3) is 4.61. The minimum atomic E-state index is -0.873. The lowest BCUT2D eigenvalue weighted by atomic mass is 9.79. The minimum absolute atomic E-state index is 0.122. The molecular formula is C20H18BrFN2O5. The number of ether oxygens (including phenoxy) is 1. The summed E-state index contributed by atoms with van der Waals surface area (Å²) in [6.07, 6.45) is 2.84. The highest BCUT2D eigenvalue weighted by atomic mass is 79.9. The van der Waals surface area contributed by atoms with Crippen LogP contribution in [0.3, 0.4) is 0 Å². The number of amides is 1. The number of nitrogens with one attached hydrogen (secondary N) is 1. The van der Waals surface area contributed by atoms with Crippen molar-refractivity contribution >= 4 is 39.2 Å². The van der Waals surface area contributed by atoms with Crippen LogP contribution >= 0.6 is 15.9 Å². The van der Waals surface area contributed by atoms with Crippen molar-refractivity contribution in [1.29, 1.82) is 0 Å². The van der Waals surface area contributed by atoms with Crippen molar-refractivity contribution in [3.05, 3.63) is 68.4 Å². The van der Waals surface area contributed by atoms with Crippen molar-refractivity contribution in [2.75, 3.05) is 11.9 Å². The summed E-state index contributed by atoms with van der Waals surface area (Å²) in [6.45, 7) is -0.495. The number of nitro benzene ring substituents is 1. The highest BCUT2D eigenvalue weighted by Gasteiger charge is 2.44. The van der Waals surface area contributed by atoms with Gasteiger partial charge in [0.1, 0.15) is 5.82 Å². The average molecular weight is 465 g/mol. The highest BCUT2D eigenvalue weighted by molar-refractivity contribution is 9.10. The Morgan fingerprint density at radius 2 is 1.83 bits per heavy atom. The second-order valence-electron chi connectivity index (χ2n) is 6.84. The fourth-order valence-electron chi connectivity index (χ4n) is 3.53. The number of rotatable bonds is 6. The van der Waals surface area contributed by atoms with Crippen molar-refractivity contribution in [3.63, 3.8) is 0 Å². The van der Waals surface area contributed by atoms with E-state index in [1.54, 1.807) is 12.1 Å². The Morgan fingerprint density at radius 3 is 2.41 bits per heavy atom. The number of esters is 1. The second kappa shape index (κ2) is 8.69. The molecule has 1 aliphatic rings. The highest BCUT2D eigenvalue weighted by Crippen LogP contribution is 2.42. The number of hydrogen-bond acceptors (Lipinski definition) is 5. The standard InChI is InChI=1S/C20H18BrFN2O5/c21-16-11-15(24(27)28)7-8-17(16)23-18(25)12-29-19(26)20(9-1-2-10-20)13-3-5-14(22)6-4-13/h3-8,11H,1-2,9-10,12H2,(H,23,25). The van der Waals surface area contributed by atoms with Gasteiger partial charge in [0.05, 0.1) is 16.0 Å². The Kier molecular flexibility index (Phi) is 6.26. The molecule has 1 amide bonds. The molecule has 29 heavy (non-hydrogen) atoms. The van der Waals surface area contributed by atoms with Crippen LogP contribution in [0.15, 0.2) is 46.9 Å². The Balaban J connectivity index is 1.65. The molecule has 2 aromatic carbocycles. The summed E-state index contributed by atoms with van der Waals surface area (Å²) in [5.41, 5.74) is 0.0107. The zero-order valence-electron chi connectivity index (χ0n) is 15.3. The van der Waals surface area contributed by atoms with Crippen LogP contribution in [0, 0.1) is 15.9 Å². The van der Waals surface area contributed by atoms with Crippen LogP contribution in [-0.2, 0) is 19.7 Å². The number of non-ortho nitro benzene ring substituents is 1. The van der Waals surface area contributed by atoms with Crippen LogP contribution in [0.2, 0.25) is 0 Å². The molecular weight excluding hydrogens is 447 g/mol. The van der Waals surface area contributed by atoms with Gasteiger partial charge >= 0.3 is 5.97 Å². The van der Waals surface area contributed by atoms with Gasteiger partial charge in [-0.3, -0.25) is 19.7 Å². The number of anilines is 1. The van der Waals surface area contributed by atoms with E-state index in [2.05, 4.69) is 21.2 Å². The molecule has 152 valence electrons. The molecule has 2 aromatic rings. The quantitative estimate of drug-likeness (QED) is 0.385. The lowest BCUT2D eigenvalue weighted by Crippen LogP contribution is -2.36. The predicted molar refractivity (Wildman–Crippen MR) is 107 cm³/mol. The van der Waals surface area contributed by atoms with Crippen LogP contribution in [0.1, 0.15) is 31.2 Å². The molecule has 3 rings (SSSR count). The summed E-state index contributed by atoms with van der Waals surface area (Å²) in [4.78, 5) is 35.2. The largest absolute Gasteiger partial charge is 0.455 e. The van der Waals surface area contributed by atoms with E-state index in [0.29, 0.717) is 28.6 Å². The molecule has 7 nitrogen and oxygen atoms in total. The molecule has 1 saturated carbocycles. The molecule has 0 aliphatic heterocycles. The van der Waals surface area contributed by atoms with Crippen molar-refractivity contribution < 1.29 is 23.6 Å². The molecule has 0 unspecified atom stereocenters. The zero-order chi connectivity index (χ0) is 21.0. The number of carbonyl (C=O) groups is 2. The monoisotopic (exact) mass is 464 g/mol. The van der Waals surface area contributed by atoms with Crippen LogP contribution in [0.25, 0.3) is 0 Å². The number of nitro groups is 1. The molecule has 0 radical (unpaired) electrons. The fraction of sp³-hybridized carbons (Fsp3) is 0.300. The number of nitrogens with zero attached hydrogens (tertiary/aromatic N) is 1. The van der Waals surface area contributed by atoms with E-state index in [-0.39, 0.29) is 11.5 Å². The van der Waals surface area contributed by atoms with Crippen molar-refractivity contribution in [1.82, 2.24) is 0 Å². The Hall–Kier alpha value is -2.81. The SMILES string of the molecule is O=C(COC(=O)C1(c2ccc(F)cc2)CCCC1)Nc1ccc([N+](=O)[O-])cc1Br. The number of halogens is 2. The summed E-state index contributed by atoms with van der Waals surface area (Å²) in [6, 6.07) is 9.69. The van der Waals surface area contributed by atoms with Gasteiger partial charge in [0.2, 0.25) is 0 Å². The van der Waals surface area contributed by atoms with Crippen LogP contribution < -0.4 is 5.32 Å². The van der Waals surface area contributed by atoms with E-state index in [1.807, 2.05) is 0 Å². The van der Waals surface area contributed by atoms with Crippen LogP contribution in [0.5, 0.6) is 0 Å². The number of carbonyl (C=O) groups excluding carboxylic acids is 2. The molecule has 0 heterocycles. The first-order valence-electron chi connectivity index (χ1n) is 8.99. The first kappa shape index (κ1) is 20.9. The van der Waals surface area contributed by atoms with E-state index in [0.717, 1.165) is 12.8 Å². The van der Waals surface area contributed by atoms with Crippen LogP contribution in [-0.4, -0.2) is 23.4 Å². The van der Waals surface area contributed by atoms with Crippen molar-refractivity contribution in [3.8, 4) is 0 Å². The van der Waals surface area contributed by atoms with E-state index in [1.165, 1.54) is 30.3 Å². The van der Waals surface area contributed by atoms with Gasteiger partial charge in [-0.2, -0.15) is 0 Å². The Morgan fingerprint density at radius 1 is 1.17 bits per heavy atom. The normalized spacial score (nSPS) is 15.0. The van der Waals surface area contributed by atoms with Gasteiger partial charge in [-0.05, 0) is 52.5 Å². The summed E-state index contributed by atoms with van der Waals surface area (Å²) in [7, 11) is 0. The fourth-order valence-corrected chi connectivity index (χ4v) is 4.00. The maximum absolute atomic E-state index is 13.3. The maximum Gasteiger partial charge on any atom is 0.317 e. The summed E-state index contributed by atoms with van der Waals surface area (Å²) in [5, 5.41) is 13.3. The van der Waals surface area contributed by atoms with E-state index in [9.17, 15) is 24.1 Å². The summed E-state index contributed by atoms with van der Waals surface area (Å²) >= 11 is 3.17. The topological polar surface area (TPSA) is 98.5 Å². The molecule has 0 saturated heterocycles. The average Bonchev–Trinajstić information content (AvgIpc) is 3.19. The summed E-state index contributed by atoms with van der Waals surface area (Å²) < 4.78 is 18.9. The number of hydrogen-bond donors (Lipinski definition) is 1. The molecule has 0 spiro atoms. The Labute approximate surface area is 174 Å². The summed E-state index contributed by atoms with van der Waals surface area (Å²) in [5.74, 6) is -1.47. The van der Waals surface area contributed by atoms with Gasteiger partial charge in [0.25, 0.3) is 11.6 Å². The molecule has 9 heteroatoms. The smallest absolute Gasteiger partial charge is 0.317 e. The van der Waals surface area contributed by atoms with Crippen LogP contribution in [0.4, 0.5) is 15.8 Å². The Bertz CT molecular complexity index is 942. The third-order valence-electron chi connectivity index (χ3n) is 5.02. The van der Waals surface area contributed by atoms with Gasteiger partial charge in [-0.1, -0.05) is 25.0 Å². The first-order valence-corrected chi connectivity index (χ1v) is 9.78. The predicted octanol–water partition coefficient (Wildman–Crippen LogP) is 4.49. The van der Waals surface area contributed by atoms with Gasteiger partial charge in [0.15, 0.2) is 6.61 Å².